The quantitative estimate of drug-likeness (QED) is 0.896. The fraction of sp³-hybridized carbons (Fsp3) is 0.300. The van der Waals surface area contributed by atoms with Crippen molar-refractivity contribution in [1.82, 2.24) is 4.90 Å². The maximum absolute atomic E-state index is 12.6. The summed E-state index contributed by atoms with van der Waals surface area (Å²) in [5.74, 6) is 0.835. The minimum absolute atomic E-state index is 0.0905. The molecule has 1 heterocycles. The van der Waals surface area contributed by atoms with Crippen molar-refractivity contribution in [3.8, 4) is 11.5 Å². The summed E-state index contributed by atoms with van der Waals surface area (Å²) >= 11 is 0. The van der Waals surface area contributed by atoms with Gasteiger partial charge >= 0.3 is 0 Å². The summed E-state index contributed by atoms with van der Waals surface area (Å²) in [7, 11) is 0. The smallest absolute Gasteiger partial charge is 0.262 e. The van der Waals surface area contributed by atoms with E-state index in [1.807, 2.05) is 38.1 Å². The third-order valence-corrected chi connectivity index (χ3v) is 4.23. The Kier molecular flexibility index (Phi) is 5.41. The Morgan fingerprint density at radius 3 is 2.85 bits per heavy atom. The number of aryl methyl sites for hydroxylation is 1. The van der Waals surface area contributed by atoms with E-state index < -0.39 is 0 Å². The summed E-state index contributed by atoms with van der Waals surface area (Å²) in [5, 5.41) is 2.77. The van der Waals surface area contributed by atoms with Crippen LogP contribution in [-0.2, 0) is 4.79 Å². The van der Waals surface area contributed by atoms with Crippen molar-refractivity contribution >= 4 is 17.5 Å². The number of anilines is 1. The predicted octanol–water partition coefficient (Wildman–Crippen LogP) is 2.87. The SMILES string of the molecule is CCN1CCOc2ccc(NC(=O)COc3ccccc3C)cc2C1=O. The molecule has 1 aliphatic heterocycles. The van der Waals surface area contributed by atoms with Crippen LogP contribution in [0.4, 0.5) is 5.69 Å². The van der Waals surface area contributed by atoms with Crippen LogP contribution in [0.3, 0.4) is 0 Å². The molecule has 6 heteroatoms. The highest BCUT2D eigenvalue weighted by Crippen LogP contribution is 2.26. The first-order valence-corrected chi connectivity index (χ1v) is 8.63. The molecule has 0 aliphatic carbocycles. The van der Waals surface area contributed by atoms with Crippen molar-refractivity contribution in [3.63, 3.8) is 0 Å². The zero-order valence-corrected chi connectivity index (χ0v) is 15.0. The van der Waals surface area contributed by atoms with Gasteiger partial charge in [-0.1, -0.05) is 18.2 Å². The molecular formula is C20H22N2O4. The summed E-state index contributed by atoms with van der Waals surface area (Å²) in [5.41, 5.74) is 1.96. The summed E-state index contributed by atoms with van der Waals surface area (Å²) in [6.07, 6.45) is 0. The molecule has 0 radical (unpaired) electrons. The molecule has 0 saturated heterocycles. The Labute approximate surface area is 152 Å². The van der Waals surface area contributed by atoms with Crippen LogP contribution in [0.5, 0.6) is 11.5 Å². The predicted molar refractivity (Wildman–Crippen MR) is 98.8 cm³/mol. The van der Waals surface area contributed by atoms with Gasteiger partial charge in [0.1, 0.15) is 18.1 Å². The van der Waals surface area contributed by atoms with Crippen LogP contribution in [0.1, 0.15) is 22.8 Å². The highest BCUT2D eigenvalue weighted by atomic mass is 16.5. The molecule has 6 nitrogen and oxygen atoms in total. The van der Waals surface area contributed by atoms with E-state index in [1.54, 1.807) is 23.1 Å². The fourth-order valence-electron chi connectivity index (χ4n) is 2.80. The average molecular weight is 354 g/mol. The molecule has 2 amide bonds. The number of ether oxygens (including phenoxy) is 2. The van der Waals surface area contributed by atoms with Crippen molar-refractivity contribution in [2.24, 2.45) is 0 Å². The van der Waals surface area contributed by atoms with E-state index >= 15 is 0 Å². The number of hydrogen-bond donors (Lipinski definition) is 1. The molecule has 3 rings (SSSR count). The van der Waals surface area contributed by atoms with Gasteiger partial charge in [-0.25, -0.2) is 0 Å². The van der Waals surface area contributed by atoms with Crippen LogP contribution in [0.2, 0.25) is 0 Å². The number of nitrogens with zero attached hydrogens (tertiary/aromatic N) is 1. The monoisotopic (exact) mass is 354 g/mol. The molecule has 0 unspecified atom stereocenters. The second-order valence-electron chi connectivity index (χ2n) is 6.05. The molecule has 0 spiro atoms. The van der Waals surface area contributed by atoms with Crippen LogP contribution >= 0.6 is 0 Å². The number of benzene rings is 2. The first-order valence-electron chi connectivity index (χ1n) is 8.63. The number of rotatable bonds is 5. The van der Waals surface area contributed by atoms with E-state index in [9.17, 15) is 9.59 Å². The van der Waals surface area contributed by atoms with Crippen LogP contribution < -0.4 is 14.8 Å². The lowest BCUT2D eigenvalue weighted by atomic mass is 10.1. The molecule has 1 N–H and O–H groups in total. The summed E-state index contributed by atoms with van der Waals surface area (Å²) in [6.45, 7) is 5.37. The lowest BCUT2D eigenvalue weighted by Crippen LogP contribution is -2.32. The van der Waals surface area contributed by atoms with E-state index in [0.717, 1.165) is 5.56 Å². The highest BCUT2D eigenvalue weighted by molar-refractivity contribution is 6.00. The minimum atomic E-state index is -0.289. The Balaban J connectivity index is 1.68. The van der Waals surface area contributed by atoms with Crippen LogP contribution in [0, 0.1) is 6.92 Å². The molecule has 0 atom stereocenters. The van der Waals surface area contributed by atoms with Gasteiger partial charge in [-0.2, -0.15) is 0 Å². The van der Waals surface area contributed by atoms with Gasteiger partial charge in [0, 0.05) is 12.2 Å². The number of carbonyl (C=O) groups is 2. The van der Waals surface area contributed by atoms with E-state index in [2.05, 4.69) is 5.32 Å². The van der Waals surface area contributed by atoms with Gasteiger partial charge < -0.3 is 19.7 Å². The van der Waals surface area contributed by atoms with Gasteiger partial charge in [-0.05, 0) is 43.7 Å². The van der Waals surface area contributed by atoms with Gasteiger partial charge in [0.2, 0.25) is 0 Å². The molecule has 0 fully saturated rings. The molecule has 26 heavy (non-hydrogen) atoms. The van der Waals surface area contributed by atoms with Crippen LogP contribution in [-0.4, -0.2) is 43.0 Å². The van der Waals surface area contributed by atoms with E-state index in [-0.39, 0.29) is 18.4 Å². The minimum Gasteiger partial charge on any atom is -0.491 e. The molecule has 0 saturated carbocycles. The highest BCUT2D eigenvalue weighted by Gasteiger charge is 2.23. The second kappa shape index (κ2) is 7.91. The fourth-order valence-corrected chi connectivity index (χ4v) is 2.80. The maximum Gasteiger partial charge on any atom is 0.262 e. The number of hydrogen-bond acceptors (Lipinski definition) is 4. The third-order valence-electron chi connectivity index (χ3n) is 4.23. The number of nitrogens with one attached hydrogen (secondary N) is 1. The van der Waals surface area contributed by atoms with Crippen LogP contribution in [0.15, 0.2) is 42.5 Å². The Morgan fingerprint density at radius 2 is 2.08 bits per heavy atom. The zero-order valence-electron chi connectivity index (χ0n) is 15.0. The van der Waals surface area contributed by atoms with Gasteiger partial charge in [-0.3, -0.25) is 9.59 Å². The summed E-state index contributed by atoms with van der Waals surface area (Å²) in [4.78, 5) is 26.5. The Bertz CT molecular complexity index is 819. The lowest BCUT2D eigenvalue weighted by molar-refractivity contribution is -0.118. The molecule has 2 aromatic carbocycles. The van der Waals surface area contributed by atoms with Crippen molar-refractivity contribution in [1.29, 1.82) is 0 Å². The standard InChI is InChI=1S/C20H22N2O4/c1-3-22-10-11-25-18-9-8-15(12-16(18)20(22)24)21-19(23)13-26-17-7-5-4-6-14(17)2/h4-9,12H,3,10-11,13H2,1-2H3,(H,21,23). The molecule has 0 bridgehead atoms. The molecule has 2 aromatic rings. The van der Waals surface area contributed by atoms with E-state index in [0.29, 0.717) is 42.4 Å². The Hall–Kier alpha value is -3.02. The normalized spacial score (nSPS) is 13.5. The maximum atomic E-state index is 12.6. The largest absolute Gasteiger partial charge is 0.491 e. The number of carbonyl (C=O) groups excluding carboxylic acids is 2. The van der Waals surface area contributed by atoms with Crippen molar-refractivity contribution in [2.75, 3.05) is 31.6 Å². The number of likely N-dealkylation sites (N-methyl/N-ethyl adjacent to an activating group) is 1. The third kappa shape index (κ3) is 3.96. The number of fused-ring (bicyclic) bond motifs is 1. The van der Waals surface area contributed by atoms with Gasteiger partial charge in [0.05, 0.1) is 12.1 Å². The van der Waals surface area contributed by atoms with Crippen LogP contribution in [0.25, 0.3) is 0 Å². The van der Waals surface area contributed by atoms with Crippen molar-refractivity contribution in [3.05, 3.63) is 53.6 Å². The summed E-state index contributed by atoms with van der Waals surface area (Å²) in [6, 6.07) is 12.6. The average Bonchev–Trinajstić information content (AvgIpc) is 2.80. The zero-order chi connectivity index (χ0) is 18.5. The lowest BCUT2D eigenvalue weighted by Gasteiger charge is -2.17. The number of para-hydroxylation sites is 1. The number of amides is 2. The Morgan fingerprint density at radius 1 is 1.27 bits per heavy atom. The molecule has 1 aliphatic rings. The van der Waals surface area contributed by atoms with E-state index in [1.165, 1.54) is 0 Å². The van der Waals surface area contributed by atoms with Gasteiger partial charge in [0.25, 0.3) is 11.8 Å². The first kappa shape index (κ1) is 17.8. The molecule has 0 aromatic heterocycles. The van der Waals surface area contributed by atoms with Gasteiger partial charge in [0.15, 0.2) is 6.61 Å². The summed E-state index contributed by atoms with van der Waals surface area (Å²) < 4.78 is 11.2. The molecule has 136 valence electrons. The molecular weight excluding hydrogens is 332 g/mol. The van der Waals surface area contributed by atoms with Crippen molar-refractivity contribution in [2.45, 2.75) is 13.8 Å². The van der Waals surface area contributed by atoms with Crippen molar-refractivity contribution < 1.29 is 19.1 Å². The van der Waals surface area contributed by atoms with E-state index in [4.69, 9.17) is 9.47 Å². The topological polar surface area (TPSA) is 67.9 Å². The van der Waals surface area contributed by atoms with Gasteiger partial charge in [-0.15, -0.1) is 0 Å². The second-order valence-corrected chi connectivity index (χ2v) is 6.05. The first-order chi connectivity index (χ1) is 12.6.